The van der Waals surface area contributed by atoms with E-state index in [-0.39, 0.29) is 10.1 Å². The van der Waals surface area contributed by atoms with Crippen LogP contribution in [-0.4, -0.2) is 23.2 Å². The SMILES string of the molecule is CC(C)(C)[Si](C)(C)Oc1ccc(CCN)cc1O[Si](C)(C)C(C)(C)C. The lowest BCUT2D eigenvalue weighted by atomic mass is 10.1. The largest absolute Gasteiger partial charge is 0.541 e. The van der Waals surface area contributed by atoms with Crippen molar-refractivity contribution in [2.75, 3.05) is 6.54 Å². The van der Waals surface area contributed by atoms with Gasteiger partial charge in [0.2, 0.25) is 0 Å². The summed E-state index contributed by atoms with van der Waals surface area (Å²) in [7, 11) is -3.86. The Morgan fingerprint density at radius 1 is 0.800 bits per heavy atom. The van der Waals surface area contributed by atoms with Crippen molar-refractivity contribution >= 4 is 16.6 Å². The fourth-order valence-corrected chi connectivity index (χ4v) is 3.93. The number of nitrogens with two attached hydrogens (primary N) is 1. The minimum atomic E-state index is -1.94. The molecule has 0 heterocycles. The number of rotatable bonds is 6. The van der Waals surface area contributed by atoms with Crippen LogP contribution in [0.1, 0.15) is 47.1 Å². The van der Waals surface area contributed by atoms with Gasteiger partial charge in [0.25, 0.3) is 16.6 Å². The molecule has 0 saturated heterocycles. The molecule has 3 nitrogen and oxygen atoms in total. The number of hydrogen-bond donors (Lipinski definition) is 1. The minimum Gasteiger partial charge on any atom is -0.541 e. The average Bonchev–Trinajstić information content (AvgIpc) is 2.39. The molecule has 144 valence electrons. The summed E-state index contributed by atoms with van der Waals surface area (Å²) < 4.78 is 13.2. The molecular weight excluding hydrogens is 342 g/mol. The normalized spacial score (nSPS) is 13.7. The second kappa shape index (κ2) is 7.45. The van der Waals surface area contributed by atoms with E-state index in [2.05, 4.69) is 85.9 Å². The van der Waals surface area contributed by atoms with Gasteiger partial charge in [0.15, 0.2) is 0 Å². The van der Waals surface area contributed by atoms with Gasteiger partial charge in [-0.3, -0.25) is 0 Å². The van der Waals surface area contributed by atoms with E-state index >= 15 is 0 Å². The predicted molar refractivity (Wildman–Crippen MR) is 115 cm³/mol. The molecule has 0 aliphatic heterocycles. The Kier molecular flexibility index (Phi) is 6.63. The summed E-state index contributed by atoms with van der Waals surface area (Å²) in [5, 5.41) is 0.294. The molecule has 0 amide bonds. The van der Waals surface area contributed by atoms with E-state index in [4.69, 9.17) is 14.6 Å². The van der Waals surface area contributed by atoms with Gasteiger partial charge in [-0.2, -0.15) is 0 Å². The first-order valence-electron chi connectivity index (χ1n) is 9.32. The third kappa shape index (κ3) is 5.59. The summed E-state index contributed by atoms with van der Waals surface area (Å²) in [6, 6.07) is 6.33. The first kappa shape index (κ1) is 22.3. The van der Waals surface area contributed by atoms with Crippen molar-refractivity contribution in [3.63, 3.8) is 0 Å². The molecule has 0 aliphatic rings. The first-order valence-corrected chi connectivity index (χ1v) is 15.1. The van der Waals surface area contributed by atoms with Gasteiger partial charge in [-0.1, -0.05) is 47.6 Å². The van der Waals surface area contributed by atoms with Gasteiger partial charge in [-0.05, 0) is 66.9 Å². The fraction of sp³-hybridized carbons (Fsp3) is 0.700. The molecule has 1 aromatic rings. The summed E-state index contributed by atoms with van der Waals surface area (Å²) in [5.74, 6) is 1.78. The lowest BCUT2D eigenvalue weighted by Gasteiger charge is -2.39. The van der Waals surface area contributed by atoms with Gasteiger partial charge in [0.1, 0.15) is 11.5 Å². The van der Waals surface area contributed by atoms with Crippen LogP contribution in [0.15, 0.2) is 18.2 Å². The summed E-state index contributed by atoms with van der Waals surface area (Å²) in [5.41, 5.74) is 6.95. The molecule has 0 bridgehead atoms. The topological polar surface area (TPSA) is 44.5 Å². The Morgan fingerprint density at radius 3 is 1.64 bits per heavy atom. The highest BCUT2D eigenvalue weighted by Gasteiger charge is 2.42. The third-order valence-corrected chi connectivity index (χ3v) is 14.5. The summed E-state index contributed by atoms with van der Waals surface area (Å²) >= 11 is 0. The molecule has 0 spiro atoms. The smallest absolute Gasteiger partial charge is 0.250 e. The minimum absolute atomic E-state index is 0.144. The molecule has 0 saturated carbocycles. The van der Waals surface area contributed by atoms with Crippen LogP contribution in [0.2, 0.25) is 36.3 Å². The lowest BCUT2D eigenvalue weighted by molar-refractivity contribution is 0.440. The van der Waals surface area contributed by atoms with Crippen LogP contribution in [-0.2, 0) is 6.42 Å². The van der Waals surface area contributed by atoms with E-state index in [1.165, 1.54) is 5.56 Å². The Labute approximate surface area is 157 Å². The maximum atomic E-state index is 6.64. The zero-order chi connectivity index (χ0) is 19.7. The van der Waals surface area contributed by atoms with E-state index < -0.39 is 16.6 Å². The van der Waals surface area contributed by atoms with E-state index in [1.54, 1.807) is 0 Å². The standard InChI is InChI=1S/C20H39NO2Si2/c1-19(2,3)24(7,8)22-17-12-11-16(13-14-21)15-18(17)23-25(9,10)20(4,5)6/h11-12,15H,13-14,21H2,1-10H3. The molecule has 2 N–H and O–H groups in total. The van der Waals surface area contributed by atoms with Crippen molar-refractivity contribution in [1.29, 1.82) is 0 Å². The highest BCUT2D eigenvalue weighted by Crippen LogP contribution is 2.43. The van der Waals surface area contributed by atoms with Crippen LogP contribution >= 0.6 is 0 Å². The maximum Gasteiger partial charge on any atom is 0.250 e. The highest BCUT2D eigenvalue weighted by atomic mass is 28.4. The van der Waals surface area contributed by atoms with Gasteiger partial charge in [0, 0.05) is 0 Å². The zero-order valence-corrected chi connectivity index (χ0v) is 20.0. The maximum absolute atomic E-state index is 6.64. The Hall–Kier alpha value is -0.786. The van der Waals surface area contributed by atoms with E-state index in [9.17, 15) is 0 Å². The second-order valence-corrected chi connectivity index (χ2v) is 19.5. The first-order chi connectivity index (χ1) is 11.1. The van der Waals surface area contributed by atoms with Crippen molar-refractivity contribution in [2.24, 2.45) is 5.73 Å². The molecule has 5 heteroatoms. The van der Waals surface area contributed by atoms with E-state index in [0.29, 0.717) is 6.54 Å². The van der Waals surface area contributed by atoms with Crippen LogP contribution in [0.4, 0.5) is 0 Å². The molecule has 0 radical (unpaired) electrons. The van der Waals surface area contributed by atoms with Crippen LogP contribution in [0.5, 0.6) is 11.5 Å². The molecular formula is C20H39NO2Si2. The molecule has 0 fully saturated rings. The van der Waals surface area contributed by atoms with E-state index in [0.717, 1.165) is 17.9 Å². The number of benzene rings is 1. The van der Waals surface area contributed by atoms with E-state index in [1.807, 2.05) is 0 Å². The quantitative estimate of drug-likeness (QED) is 0.619. The Morgan fingerprint density at radius 2 is 1.24 bits per heavy atom. The van der Waals surface area contributed by atoms with Crippen LogP contribution in [0.25, 0.3) is 0 Å². The second-order valence-electron chi connectivity index (χ2n) is 10.0. The van der Waals surface area contributed by atoms with Gasteiger partial charge in [0.05, 0.1) is 0 Å². The lowest BCUT2D eigenvalue weighted by Crippen LogP contribution is -2.45. The van der Waals surface area contributed by atoms with Crippen LogP contribution in [0.3, 0.4) is 0 Å². The van der Waals surface area contributed by atoms with Crippen molar-refractivity contribution in [3.05, 3.63) is 23.8 Å². The molecule has 1 rings (SSSR count). The molecule has 0 aliphatic carbocycles. The van der Waals surface area contributed by atoms with Crippen molar-refractivity contribution < 1.29 is 8.85 Å². The van der Waals surface area contributed by atoms with Gasteiger partial charge < -0.3 is 14.6 Å². The van der Waals surface area contributed by atoms with Crippen molar-refractivity contribution in [1.82, 2.24) is 0 Å². The Bertz CT molecular complexity index is 584. The van der Waals surface area contributed by atoms with Gasteiger partial charge in [-0.25, -0.2) is 0 Å². The van der Waals surface area contributed by atoms with Crippen molar-refractivity contribution in [2.45, 2.75) is 84.2 Å². The monoisotopic (exact) mass is 381 g/mol. The van der Waals surface area contributed by atoms with Crippen LogP contribution in [0, 0.1) is 0 Å². The van der Waals surface area contributed by atoms with Gasteiger partial charge in [-0.15, -0.1) is 0 Å². The molecule has 0 unspecified atom stereocenters. The Balaban J connectivity index is 3.30. The van der Waals surface area contributed by atoms with Crippen LogP contribution < -0.4 is 14.6 Å². The molecule has 25 heavy (non-hydrogen) atoms. The number of hydrogen-bond acceptors (Lipinski definition) is 3. The zero-order valence-electron chi connectivity index (χ0n) is 18.0. The molecule has 0 atom stereocenters. The average molecular weight is 382 g/mol. The molecule has 1 aromatic carbocycles. The summed E-state index contributed by atoms with van der Waals surface area (Å²) in [6.07, 6.45) is 0.855. The summed E-state index contributed by atoms with van der Waals surface area (Å²) in [4.78, 5) is 0. The van der Waals surface area contributed by atoms with Crippen molar-refractivity contribution in [3.8, 4) is 11.5 Å². The molecule has 0 aromatic heterocycles. The predicted octanol–water partition coefficient (Wildman–Crippen LogP) is 5.96. The van der Waals surface area contributed by atoms with Gasteiger partial charge >= 0.3 is 0 Å². The highest BCUT2D eigenvalue weighted by molar-refractivity contribution is 6.75. The third-order valence-electron chi connectivity index (χ3n) is 5.78. The fourth-order valence-electron chi connectivity index (χ4n) is 1.89. The summed E-state index contributed by atoms with van der Waals surface area (Å²) in [6.45, 7) is 23.3.